The Hall–Kier alpha value is -2.62. The van der Waals surface area contributed by atoms with Crippen molar-refractivity contribution >= 4 is 15.9 Å². The second-order valence-corrected chi connectivity index (χ2v) is 8.46. The summed E-state index contributed by atoms with van der Waals surface area (Å²) in [5.41, 5.74) is 0.826. The molecule has 1 amide bonds. The lowest BCUT2D eigenvalue weighted by atomic mass is 10.1. The van der Waals surface area contributed by atoms with E-state index in [2.05, 4.69) is 10.0 Å². The Bertz CT molecular complexity index is 934. The summed E-state index contributed by atoms with van der Waals surface area (Å²) in [6, 6.07) is 12.2. The van der Waals surface area contributed by atoms with Crippen molar-refractivity contribution in [2.45, 2.75) is 30.3 Å². The predicted octanol–water partition coefficient (Wildman–Crippen LogP) is 1.74. The number of carbonyl (C=O) groups is 1. The van der Waals surface area contributed by atoms with Gasteiger partial charge in [0.05, 0.1) is 25.7 Å². The minimum absolute atomic E-state index is 0.0315. The first-order chi connectivity index (χ1) is 14.3. The van der Waals surface area contributed by atoms with E-state index < -0.39 is 22.0 Å². The number of amides is 1. The summed E-state index contributed by atoms with van der Waals surface area (Å²) in [6.07, 6.45) is 0.193. The maximum Gasteiger partial charge on any atom is 0.241 e. The molecule has 0 fully saturated rings. The third-order valence-electron chi connectivity index (χ3n) is 4.37. The van der Waals surface area contributed by atoms with Gasteiger partial charge < -0.3 is 19.5 Å². The number of carbonyl (C=O) groups excluding carboxylic acids is 1. The van der Waals surface area contributed by atoms with Gasteiger partial charge in [-0.2, -0.15) is 4.72 Å². The Morgan fingerprint density at radius 1 is 1.00 bits per heavy atom. The van der Waals surface area contributed by atoms with E-state index in [1.807, 2.05) is 30.3 Å². The minimum Gasteiger partial charge on any atom is -0.493 e. The van der Waals surface area contributed by atoms with Crippen LogP contribution in [0, 0.1) is 0 Å². The summed E-state index contributed by atoms with van der Waals surface area (Å²) in [5.74, 6) is 0.244. The summed E-state index contributed by atoms with van der Waals surface area (Å²) in [7, 11) is 0.409. The predicted molar refractivity (Wildman–Crippen MR) is 113 cm³/mol. The molecule has 0 aromatic heterocycles. The fourth-order valence-corrected chi connectivity index (χ4v) is 4.12. The summed E-state index contributed by atoms with van der Waals surface area (Å²) in [4.78, 5) is 12.8. The van der Waals surface area contributed by atoms with Gasteiger partial charge in [-0.3, -0.25) is 4.79 Å². The molecule has 2 aromatic carbocycles. The first kappa shape index (κ1) is 23.7. The zero-order valence-corrected chi connectivity index (χ0v) is 18.4. The van der Waals surface area contributed by atoms with Gasteiger partial charge in [0.15, 0.2) is 11.5 Å². The fraction of sp³-hybridized carbons (Fsp3) is 0.381. The van der Waals surface area contributed by atoms with Crippen molar-refractivity contribution in [1.82, 2.24) is 10.0 Å². The van der Waals surface area contributed by atoms with Gasteiger partial charge in [-0.1, -0.05) is 30.3 Å². The number of benzene rings is 2. The molecule has 0 heterocycles. The van der Waals surface area contributed by atoms with E-state index in [9.17, 15) is 13.2 Å². The SMILES string of the molecule is COC[C@@H](C)NC(=O)[C@H](Cc1ccccc1)NS(=O)(=O)c1ccc(OC)c(OC)c1. The third-order valence-corrected chi connectivity index (χ3v) is 5.84. The van der Waals surface area contributed by atoms with E-state index in [-0.39, 0.29) is 23.1 Å². The molecule has 0 aliphatic heterocycles. The monoisotopic (exact) mass is 436 g/mol. The van der Waals surface area contributed by atoms with Gasteiger partial charge >= 0.3 is 0 Å². The van der Waals surface area contributed by atoms with E-state index in [0.29, 0.717) is 12.4 Å². The molecule has 0 saturated heterocycles. The highest BCUT2D eigenvalue weighted by Gasteiger charge is 2.27. The zero-order valence-electron chi connectivity index (χ0n) is 17.5. The number of ether oxygens (including phenoxy) is 3. The van der Waals surface area contributed by atoms with Crippen LogP contribution in [0.3, 0.4) is 0 Å². The molecule has 0 bridgehead atoms. The Morgan fingerprint density at radius 3 is 2.27 bits per heavy atom. The lowest BCUT2D eigenvalue weighted by molar-refractivity contribution is -0.123. The first-order valence-corrected chi connectivity index (χ1v) is 10.9. The lowest BCUT2D eigenvalue weighted by Gasteiger charge is -2.21. The number of hydrogen-bond donors (Lipinski definition) is 2. The van der Waals surface area contributed by atoms with Crippen molar-refractivity contribution < 1.29 is 27.4 Å². The van der Waals surface area contributed by atoms with Crippen LogP contribution in [0.4, 0.5) is 0 Å². The van der Waals surface area contributed by atoms with Crippen molar-refractivity contribution in [3.63, 3.8) is 0 Å². The van der Waals surface area contributed by atoms with Gasteiger partial charge in [0.1, 0.15) is 6.04 Å². The van der Waals surface area contributed by atoms with E-state index in [1.54, 1.807) is 6.92 Å². The van der Waals surface area contributed by atoms with Crippen molar-refractivity contribution in [1.29, 1.82) is 0 Å². The minimum atomic E-state index is -4.01. The maximum absolute atomic E-state index is 13.0. The maximum atomic E-state index is 13.0. The molecule has 0 aliphatic rings. The Kier molecular flexibility index (Phi) is 8.64. The molecule has 2 atom stereocenters. The zero-order chi connectivity index (χ0) is 22.1. The standard InChI is InChI=1S/C21H28N2O6S/c1-15(14-27-2)22-21(24)18(12-16-8-6-5-7-9-16)23-30(25,26)17-10-11-19(28-3)20(13-17)29-4/h5-11,13,15,18,23H,12,14H2,1-4H3,(H,22,24)/t15-,18+/m1/s1. The normalized spacial score (nSPS) is 13.3. The van der Waals surface area contributed by atoms with E-state index in [4.69, 9.17) is 14.2 Å². The number of methoxy groups -OCH3 is 3. The van der Waals surface area contributed by atoms with Crippen molar-refractivity contribution in [3.8, 4) is 11.5 Å². The largest absolute Gasteiger partial charge is 0.493 e. The number of nitrogens with one attached hydrogen (secondary N) is 2. The van der Waals surface area contributed by atoms with Crippen LogP contribution in [0.2, 0.25) is 0 Å². The molecule has 0 saturated carbocycles. The van der Waals surface area contributed by atoms with Crippen LogP contribution >= 0.6 is 0 Å². The molecule has 2 N–H and O–H groups in total. The van der Waals surface area contributed by atoms with Gasteiger partial charge in [-0.15, -0.1) is 0 Å². The van der Waals surface area contributed by atoms with Crippen molar-refractivity contribution in [2.75, 3.05) is 27.9 Å². The van der Waals surface area contributed by atoms with Crippen molar-refractivity contribution in [3.05, 3.63) is 54.1 Å². The second-order valence-electron chi connectivity index (χ2n) is 6.75. The van der Waals surface area contributed by atoms with E-state index in [1.165, 1.54) is 39.5 Å². The van der Waals surface area contributed by atoms with Crippen LogP contribution < -0.4 is 19.5 Å². The number of rotatable bonds is 11. The molecular formula is C21H28N2O6S. The van der Waals surface area contributed by atoms with Crippen LogP contribution in [-0.4, -0.2) is 54.3 Å². The van der Waals surface area contributed by atoms with E-state index >= 15 is 0 Å². The number of sulfonamides is 1. The molecule has 9 heteroatoms. The van der Waals surface area contributed by atoms with Gasteiger partial charge in [-0.25, -0.2) is 8.42 Å². The second kappa shape index (κ2) is 11.0. The van der Waals surface area contributed by atoms with Gasteiger partial charge in [0.25, 0.3) is 0 Å². The van der Waals surface area contributed by atoms with Crippen LogP contribution in [0.15, 0.2) is 53.4 Å². The molecule has 164 valence electrons. The molecular weight excluding hydrogens is 408 g/mol. The van der Waals surface area contributed by atoms with Gasteiger partial charge in [0, 0.05) is 19.2 Å². The lowest BCUT2D eigenvalue weighted by Crippen LogP contribution is -2.50. The molecule has 0 aliphatic carbocycles. The highest BCUT2D eigenvalue weighted by molar-refractivity contribution is 7.89. The third kappa shape index (κ3) is 6.45. The molecule has 0 unspecified atom stereocenters. The fourth-order valence-electron chi connectivity index (χ4n) is 2.91. The highest BCUT2D eigenvalue weighted by atomic mass is 32.2. The van der Waals surface area contributed by atoms with Crippen LogP contribution in [0.5, 0.6) is 11.5 Å². The Balaban J connectivity index is 2.30. The van der Waals surface area contributed by atoms with Crippen LogP contribution in [0.1, 0.15) is 12.5 Å². The first-order valence-electron chi connectivity index (χ1n) is 9.38. The smallest absolute Gasteiger partial charge is 0.241 e. The van der Waals surface area contributed by atoms with Gasteiger partial charge in [-0.05, 0) is 31.0 Å². The topological polar surface area (TPSA) is 103 Å². The highest BCUT2D eigenvalue weighted by Crippen LogP contribution is 2.29. The Labute approximate surface area is 177 Å². The average Bonchev–Trinajstić information content (AvgIpc) is 2.73. The van der Waals surface area contributed by atoms with Crippen LogP contribution in [0.25, 0.3) is 0 Å². The number of hydrogen-bond acceptors (Lipinski definition) is 6. The van der Waals surface area contributed by atoms with Crippen LogP contribution in [-0.2, 0) is 26.0 Å². The average molecular weight is 437 g/mol. The summed E-state index contributed by atoms with van der Waals surface area (Å²) >= 11 is 0. The summed E-state index contributed by atoms with van der Waals surface area (Å²) in [6.45, 7) is 2.09. The Morgan fingerprint density at radius 2 is 1.67 bits per heavy atom. The summed E-state index contributed by atoms with van der Waals surface area (Å²) < 4.78 is 43.9. The summed E-state index contributed by atoms with van der Waals surface area (Å²) in [5, 5.41) is 2.78. The molecule has 30 heavy (non-hydrogen) atoms. The van der Waals surface area contributed by atoms with Crippen molar-refractivity contribution in [2.24, 2.45) is 0 Å². The molecule has 2 rings (SSSR count). The molecule has 0 radical (unpaired) electrons. The quantitative estimate of drug-likeness (QED) is 0.556. The molecule has 8 nitrogen and oxygen atoms in total. The molecule has 2 aromatic rings. The van der Waals surface area contributed by atoms with E-state index in [0.717, 1.165) is 5.56 Å². The molecule has 0 spiro atoms. The van der Waals surface area contributed by atoms with Gasteiger partial charge in [0.2, 0.25) is 15.9 Å².